The fourth-order valence-corrected chi connectivity index (χ4v) is 3.98. The second-order valence-electron chi connectivity index (χ2n) is 7.00. The molecular weight excluding hydrogens is 384 g/mol. The van der Waals surface area contributed by atoms with E-state index in [0.717, 1.165) is 30.9 Å². The van der Waals surface area contributed by atoms with E-state index in [1.54, 1.807) is 4.90 Å². The number of nitrogens with zero attached hydrogens (tertiary/aromatic N) is 3. The van der Waals surface area contributed by atoms with Crippen molar-refractivity contribution in [3.8, 4) is 0 Å². The highest BCUT2D eigenvalue weighted by molar-refractivity contribution is 7.13. The predicted octanol–water partition coefficient (Wildman–Crippen LogP) is 3.75. The molecule has 2 rings (SSSR count). The minimum Gasteiger partial charge on any atom is -0.332 e. The van der Waals surface area contributed by atoms with Crippen LogP contribution in [0.15, 0.2) is 35.7 Å². The number of carbonyl (C=O) groups excluding carboxylic acids is 2. The van der Waals surface area contributed by atoms with Crippen LogP contribution in [0, 0.1) is 6.92 Å². The Kier molecular flexibility index (Phi) is 9.28. The fraction of sp³-hybridized carbons (Fsp3) is 0.500. The van der Waals surface area contributed by atoms with Crippen LogP contribution in [-0.2, 0) is 9.59 Å². The molecule has 0 radical (unpaired) electrons. The van der Waals surface area contributed by atoms with Gasteiger partial charge in [-0.1, -0.05) is 51.1 Å². The number of hydrogen-bond donors (Lipinski definition) is 1. The zero-order valence-electron chi connectivity index (χ0n) is 17.9. The number of anilines is 1. The van der Waals surface area contributed by atoms with Gasteiger partial charge in [0.2, 0.25) is 11.8 Å². The summed E-state index contributed by atoms with van der Waals surface area (Å²) in [7, 11) is 0. The summed E-state index contributed by atoms with van der Waals surface area (Å²) in [5, 5.41) is 5.28. The first kappa shape index (κ1) is 23.0. The third kappa shape index (κ3) is 6.94. The highest BCUT2D eigenvalue weighted by Crippen LogP contribution is 2.22. The maximum atomic E-state index is 13.4. The van der Waals surface area contributed by atoms with Gasteiger partial charge in [0.25, 0.3) is 0 Å². The minimum atomic E-state index is -0.247. The van der Waals surface area contributed by atoms with Crippen molar-refractivity contribution in [3.05, 3.63) is 47.0 Å². The van der Waals surface area contributed by atoms with E-state index < -0.39 is 0 Å². The molecule has 1 N–H and O–H groups in total. The molecule has 0 aliphatic carbocycles. The highest BCUT2D eigenvalue weighted by atomic mass is 32.1. The Morgan fingerprint density at radius 1 is 1.10 bits per heavy atom. The second kappa shape index (κ2) is 11.7. The number of hydrogen-bond acceptors (Lipinski definition) is 5. The minimum absolute atomic E-state index is 0.00340. The van der Waals surface area contributed by atoms with Crippen molar-refractivity contribution in [1.82, 2.24) is 14.8 Å². The number of amides is 2. The molecule has 0 spiro atoms. The van der Waals surface area contributed by atoms with Gasteiger partial charge in [0.15, 0.2) is 5.13 Å². The van der Waals surface area contributed by atoms with Crippen molar-refractivity contribution >= 4 is 28.3 Å². The second-order valence-corrected chi connectivity index (χ2v) is 7.86. The van der Waals surface area contributed by atoms with Crippen LogP contribution in [0.5, 0.6) is 0 Å². The number of nitrogens with one attached hydrogen (secondary N) is 1. The van der Waals surface area contributed by atoms with Crippen LogP contribution in [0.3, 0.4) is 0 Å². The zero-order valence-corrected chi connectivity index (χ0v) is 18.7. The molecule has 0 aliphatic rings. The standard InChI is InChI=1S/C22H32N4O2S/c1-5-19(18-11-9-8-10-12-18)21(28)26(14-13-25(6-2)7-3)15-20(27)24-22-23-17(4)16-29-22/h8-12,16,19H,5-7,13-15H2,1-4H3,(H,23,24,27). The van der Waals surface area contributed by atoms with Crippen molar-refractivity contribution in [2.24, 2.45) is 0 Å². The van der Waals surface area contributed by atoms with Gasteiger partial charge in [-0.05, 0) is 32.0 Å². The summed E-state index contributed by atoms with van der Waals surface area (Å²) in [5.74, 6) is -0.464. The molecule has 1 aromatic carbocycles. The molecule has 2 amide bonds. The summed E-state index contributed by atoms with van der Waals surface area (Å²) < 4.78 is 0. The fourth-order valence-electron chi connectivity index (χ4n) is 3.27. The zero-order chi connectivity index (χ0) is 21.2. The van der Waals surface area contributed by atoms with Crippen molar-refractivity contribution in [3.63, 3.8) is 0 Å². The van der Waals surface area contributed by atoms with Crippen molar-refractivity contribution in [1.29, 1.82) is 0 Å². The molecule has 0 aliphatic heterocycles. The Balaban J connectivity index is 2.13. The van der Waals surface area contributed by atoms with Crippen molar-refractivity contribution in [2.45, 2.75) is 40.0 Å². The molecule has 0 fully saturated rings. The average Bonchev–Trinajstić information content (AvgIpc) is 3.13. The molecule has 1 heterocycles. The topological polar surface area (TPSA) is 65.5 Å². The van der Waals surface area contributed by atoms with Crippen molar-refractivity contribution < 1.29 is 9.59 Å². The molecule has 0 bridgehead atoms. The van der Waals surface area contributed by atoms with Crippen LogP contribution in [0.1, 0.15) is 44.4 Å². The normalized spacial score (nSPS) is 12.0. The van der Waals surface area contributed by atoms with Gasteiger partial charge in [0.05, 0.1) is 18.2 Å². The van der Waals surface area contributed by atoms with E-state index in [1.165, 1.54) is 11.3 Å². The number of benzene rings is 1. The van der Waals surface area contributed by atoms with Gasteiger partial charge in [0.1, 0.15) is 0 Å². The molecule has 0 saturated heterocycles. The molecule has 1 atom stereocenters. The lowest BCUT2D eigenvalue weighted by atomic mass is 9.95. The van der Waals surface area contributed by atoms with Crippen LogP contribution in [0.25, 0.3) is 0 Å². The lowest BCUT2D eigenvalue weighted by molar-refractivity contribution is -0.136. The van der Waals surface area contributed by atoms with E-state index in [-0.39, 0.29) is 24.3 Å². The Bertz CT molecular complexity index is 774. The van der Waals surface area contributed by atoms with Gasteiger partial charge in [-0.25, -0.2) is 4.98 Å². The predicted molar refractivity (Wildman–Crippen MR) is 119 cm³/mol. The monoisotopic (exact) mass is 416 g/mol. The SMILES string of the molecule is CCC(C(=O)N(CCN(CC)CC)CC(=O)Nc1nc(C)cs1)c1ccccc1. The molecule has 2 aromatic rings. The van der Waals surface area contributed by atoms with Gasteiger partial charge in [0, 0.05) is 18.5 Å². The summed E-state index contributed by atoms with van der Waals surface area (Å²) in [6.07, 6.45) is 0.692. The van der Waals surface area contributed by atoms with Crippen LogP contribution in [0.4, 0.5) is 5.13 Å². The van der Waals surface area contributed by atoms with Crippen LogP contribution in [-0.4, -0.2) is 59.3 Å². The summed E-state index contributed by atoms with van der Waals surface area (Å²) >= 11 is 1.39. The molecule has 6 nitrogen and oxygen atoms in total. The third-order valence-corrected chi connectivity index (χ3v) is 5.88. The third-order valence-electron chi connectivity index (χ3n) is 5.00. The molecule has 158 valence electrons. The number of aromatic nitrogens is 1. The molecule has 29 heavy (non-hydrogen) atoms. The maximum absolute atomic E-state index is 13.4. The largest absolute Gasteiger partial charge is 0.332 e. The lowest BCUT2D eigenvalue weighted by Crippen LogP contribution is -2.44. The molecule has 1 aromatic heterocycles. The smallest absolute Gasteiger partial charge is 0.245 e. The average molecular weight is 417 g/mol. The Hall–Kier alpha value is -2.25. The first-order valence-corrected chi connectivity index (χ1v) is 11.1. The highest BCUT2D eigenvalue weighted by Gasteiger charge is 2.26. The van der Waals surface area contributed by atoms with Gasteiger partial charge in [-0.15, -0.1) is 11.3 Å². The van der Waals surface area contributed by atoms with Crippen LogP contribution < -0.4 is 5.32 Å². The summed E-state index contributed by atoms with van der Waals surface area (Å²) in [4.78, 5) is 34.2. The van der Waals surface area contributed by atoms with E-state index in [1.807, 2.05) is 49.6 Å². The summed E-state index contributed by atoms with van der Waals surface area (Å²) in [6, 6.07) is 9.80. The number of carbonyl (C=O) groups is 2. The first-order chi connectivity index (χ1) is 14.0. The van der Waals surface area contributed by atoms with Gasteiger partial charge in [-0.2, -0.15) is 0 Å². The van der Waals surface area contributed by atoms with E-state index in [2.05, 4.69) is 29.0 Å². The number of aryl methyl sites for hydroxylation is 1. The summed E-state index contributed by atoms with van der Waals surface area (Å²) in [5.41, 5.74) is 1.86. The maximum Gasteiger partial charge on any atom is 0.245 e. The Labute approximate surface area is 177 Å². The number of likely N-dealkylation sites (N-methyl/N-ethyl adjacent to an activating group) is 1. The lowest BCUT2D eigenvalue weighted by Gasteiger charge is -2.29. The van der Waals surface area contributed by atoms with Crippen LogP contribution >= 0.6 is 11.3 Å². The van der Waals surface area contributed by atoms with Gasteiger partial charge in [-0.3, -0.25) is 9.59 Å². The van der Waals surface area contributed by atoms with Gasteiger partial charge >= 0.3 is 0 Å². The Morgan fingerprint density at radius 3 is 2.34 bits per heavy atom. The van der Waals surface area contributed by atoms with E-state index >= 15 is 0 Å². The molecule has 7 heteroatoms. The quantitative estimate of drug-likeness (QED) is 0.606. The number of thiazole rings is 1. The van der Waals surface area contributed by atoms with E-state index in [9.17, 15) is 9.59 Å². The molecular formula is C22H32N4O2S. The molecule has 0 saturated carbocycles. The van der Waals surface area contributed by atoms with Gasteiger partial charge < -0.3 is 15.1 Å². The first-order valence-electron chi connectivity index (χ1n) is 10.3. The Morgan fingerprint density at radius 2 is 1.79 bits per heavy atom. The summed E-state index contributed by atoms with van der Waals surface area (Å²) in [6.45, 7) is 11.2. The van der Waals surface area contributed by atoms with E-state index in [0.29, 0.717) is 18.1 Å². The van der Waals surface area contributed by atoms with Crippen molar-refractivity contribution in [2.75, 3.05) is 38.0 Å². The number of rotatable bonds is 11. The van der Waals surface area contributed by atoms with E-state index in [4.69, 9.17) is 0 Å². The van der Waals surface area contributed by atoms with Crippen LogP contribution in [0.2, 0.25) is 0 Å². The molecule has 1 unspecified atom stereocenters.